The number of halogens is 1. The molecule has 0 aromatic heterocycles. The van der Waals surface area contributed by atoms with Crippen molar-refractivity contribution in [3.05, 3.63) is 107 Å². The third-order valence-electron chi connectivity index (χ3n) is 6.20. The third kappa shape index (κ3) is 5.63. The largest absolute Gasteiger partial charge is 0.494 e. The minimum absolute atomic E-state index is 0.193. The standard InChI is InChI=1S/C31H25ClN2O5/c1-2-16-38-24-13-11-23(12-14-24)34-30(36)26(29(35)33-31(34)37)17-20-10-15-28(27(32)18-20)39-19-22-8-5-7-21-6-3-4-9-25(21)22/h3-15,17-18H,2,16,19H2,1H3,(H,33,35,37)/b26-17-. The van der Waals surface area contributed by atoms with Gasteiger partial charge in [-0.15, -0.1) is 0 Å². The Morgan fingerprint density at radius 2 is 1.67 bits per heavy atom. The van der Waals surface area contributed by atoms with Crippen molar-refractivity contribution in [1.82, 2.24) is 5.32 Å². The van der Waals surface area contributed by atoms with Crippen LogP contribution in [-0.2, 0) is 16.2 Å². The molecule has 196 valence electrons. The van der Waals surface area contributed by atoms with E-state index in [0.717, 1.165) is 27.7 Å². The molecule has 4 aromatic rings. The molecular formula is C31H25ClN2O5. The Bertz CT molecular complexity index is 1590. The molecule has 0 spiro atoms. The van der Waals surface area contributed by atoms with E-state index in [9.17, 15) is 14.4 Å². The van der Waals surface area contributed by atoms with E-state index < -0.39 is 17.8 Å². The van der Waals surface area contributed by atoms with E-state index in [0.29, 0.717) is 41.0 Å². The number of anilines is 1. The van der Waals surface area contributed by atoms with Crippen LogP contribution in [0.4, 0.5) is 10.5 Å². The Hall–Kier alpha value is -4.62. The lowest BCUT2D eigenvalue weighted by atomic mass is 10.1. The highest BCUT2D eigenvalue weighted by molar-refractivity contribution is 6.39. The molecule has 1 aliphatic heterocycles. The lowest BCUT2D eigenvalue weighted by Gasteiger charge is -2.26. The minimum Gasteiger partial charge on any atom is -0.494 e. The number of ether oxygens (including phenoxy) is 2. The molecule has 5 rings (SSSR count). The second-order valence-electron chi connectivity index (χ2n) is 8.92. The van der Waals surface area contributed by atoms with Gasteiger partial charge in [0.25, 0.3) is 11.8 Å². The third-order valence-corrected chi connectivity index (χ3v) is 6.49. The molecule has 7 nitrogen and oxygen atoms in total. The molecule has 0 saturated carbocycles. The van der Waals surface area contributed by atoms with E-state index in [1.54, 1.807) is 42.5 Å². The molecule has 0 bridgehead atoms. The monoisotopic (exact) mass is 540 g/mol. The zero-order valence-electron chi connectivity index (χ0n) is 21.1. The van der Waals surface area contributed by atoms with E-state index in [-0.39, 0.29) is 5.57 Å². The fourth-order valence-corrected chi connectivity index (χ4v) is 4.51. The highest BCUT2D eigenvalue weighted by atomic mass is 35.5. The Labute approximate surface area is 230 Å². The van der Waals surface area contributed by atoms with Gasteiger partial charge in [-0.3, -0.25) is 14.9 Å². The van der Waals surface area contributed by atoms with Gasteiger partial charge in [-0.25, -0.2) is 9.69 Å². The number of amides is 4. The quantitative estimate of drug-likeness (QED) is 0.203. The SMILES string of the molecule is CCCOc1ccc(N2C(=O)NC(=O)/C(=C/c3ccc(OCc4cccc5ccccc45)c(Cl)c3)C2=O)cc1. The molecule has 1 fully saturated rings. The van der Waals surface area contributed by atoms with Crippen molar-refractivity contribution in [1.29, 1.82) is 0 Å². The first kappa shape index (κ1) is 26.0. The van der Waals surface area contributed by atoms with Gasteiger partial charge in [0.15, 0.2) is 0 Å². The van der Waals surface area contributed by atoms with Gasteiger partial charge in [0.05, 0.1) is 17.3 Å². The number of benzene rings is 4. The summed E-state index contributed by atoms with van der Waals surface area (Å²) in [6.07, 6.45) is 2.25. The highest BCUT2D eigenvalue weighted by Gasteiger charge is 2.36. The Morgan fingerprint density at radius 1 is 0.897 bits per heavy atom. The van der Waals surface area contributed by atoms with Gasteiger partial charge >= 0.3 is 6.03 Å². The second-order valence-corrected chi connectivity index (χ2v) is 9.32. The van der Waals surface area contributed by atoms with Gasteiger partial charge in [-0.05, 0) is 70.8 Å². The zero-order chi connectivity index (χ0) is 27.4. The molecule has 1 N–H and O–H groups in total. The van der Waals surface area contributed by atoms with Crippen LogP contribution in [-0.4, -0.2) is 24.5 Å². The van der Waals surface area contributed by atoms with Crippen molar-refractivity contribution in [2.45, 2.75) is 20.0 Å². The predicted octanol–water partition coefficient (Wildman–Crippen LogP) is 6.53. The summed E-state index contributed by atoms with van der Waals surface area (Å²) in [7, 11) is 0. The topological polar surface area (TPSA) is 84.9 Å². The van der Waals surface area contributed by atoms with E-state index >= 15 is 0 Å². The van der Waals surface area contributed by atoms with Crippen LogP contribution in [0.15, 0.2) is 90.5 Å². The summed E-state index contributed by atoms with van der Waals surface area (Å²) in [6.45, 7) is 2.87. The molecule has 4 amide bonds. The normalized spacial score (nSPS) is 14.6. The molecule has 1 saturated heterocycles. The maximum absolute atomic E-state index is 13.2. The Kier molecular flexibility index (Phi) is 7.61. The molecule has 0 radical (unpaired) electrons. The van der Waals surface area contributed by atoms with Crippen molar-refractivity contribution in [3.8, 4) is 11.5 Å². The van der Waals surface area contributed by atoms with Crippen LogP contribution >= 0.6 is 11.6 Å². The summed E-state index contributed by atoms with van der Waals surface area (Å²) in [5.74, 6) is -0.432. The van der Waals surface area contributed by atoms with Crippen molar-refractivity contribution in [2.24, 2.45) is 0 Å². The summed E-state index contributed by atoms with van der Waals surface area (Å²) in [4.78, 5) is 39.2. The number of carbonyl (C=O) groups excluding carboxylic acids is 3. The van der Waals surface area contributed by atoms with Crippen molar-refractivity contribution in [3.63, 3.8) is 0 Å². The lowest BCUT2D eigenvalue weighted by molar-refractivity contribution is -0.122. The zero-order valence-corrected chi connectivity index (χ0v) is 21.9. The van der Waals surface area contributed by atoms with E-state index in [1.165, 1.54) is 6.08 Å². The van der Waals surface area contributed by atoms with E-state index in [1.807, 2.05) is 49.4 Å². The van der Waals surface area contributed by atoms with Crippen molar-refractivity contribution in [2.75, 3.05) is 11.5 Å². The number of rotatable bonds is 8. The van der Waals surface area contributed by atoms with Crippen LogP contribution in [0, 0.1) is 0 Å². The predicted molar refractivity (Wildman–Crippen MR) is 151 cm³/mol. The van der Waals surface area contributed by atoms with E-state index in [2.05, 4.69) is 5.32 Å². The molecule has 1 aliphatic rings. The first-order valence-electron chi connectivity index (χ1n) is 12.5. The first-order valence-corrected chi connectivity index (χ1v) is 12.9. The molecule has 0 unspecified atom stereocenters. The average molecular weight is 541 g/mol. The van der Waals surface area contributed by atoms with Gasteiger partial charge in [0.2, 0.25) is 0 Å². The maximum Gasteiger partial charge on any atom is 0.335 e. The fourth-order valence-electron chi connectivity index (χ4n) is 4.27. The molecular weight excluding hydrogens is 516 g/mol. The smallest absolute Gasteiger partial charge is 0.335 e. The van der Waals surface area contributed by atoms with Gasteiger partial charge in [-0.1, -0.05) is 67.1 Å². The minimum atomic E-state index is -0.820. The summed E-state index contributed by atoms with van der Waals surface area (Å²) in [5, 5.41) is 4.77. The van der Waals surface area contributed by atoms with Gasteiger partial charge in [0, 0.05) is 0 Å². The summed E-state index contributed by atoms with van der Waals surface area (Å²) < 4.78 is 11.5. The van der Waals surface area contributed by atoms with Crippen LogP contribution in [0.25, 0.3) is 16.8 Å². The van der Waals surface area contributed by atoms with Crippen LogP contribution in [0.5, 0.6) is 11.5 Å². The van der Waals surface area contributed by atoms with Gasteiger partial charge < -0.3 is 9.47 Å². The highest BCUT2D eigenvalue weighted by Crippen LogP contribution is 2.30. The van der Waals surface area contributed by atoms with Crippen LogP contribution in [0.3, 0.4) is 0 Å². The van der Waals surface area contributed by atoms with E-state index in [4.69, 9.17) is 21.1 Å². The summed E-state index contributed by atoms with van der Waals surface area (Å²) in [5.41, 5.74) is 1.65. The molecule has 39 heavy (non-hydrogen) atoms. The number of nitrogens with one attached hydrogen (secondary N) is 1. The number of urea groups is 1. The molecule has 0 aliphatic carbocycles. The molecule has 0 atom stereocenters. The second kappa shape index (κ2) is 11.4. The number of nitrogens with zero attached hydrogens (tertiary/aromatic N) is 1. The Morgan fingerprint density at radius 3 is 2.44 bits per heavy atom. The molecule has 8 heteroatoms. The van der Waals surface area contributed by atoms with Gasteiger partial charge in [-0.2, -0.15) is 0 Å². The maximum atomic E-state index is 13.2. The van der Waals surface area contributed by atoms with Gasteiger partial charge in [0.1, 0.15) is 23.7 Å². The number of hydrogen-bond donors (Lipinski definition) is 1. The van der Waals surface area contributed by atoms with Crippen molar-refractivity contribution >= 4 is 52.0 Å². The first-order chi connectivity index (χ1) is 18.9. The molecule has 4 aromatic carbocycles. The average Bonchev–Trinajstić information content (AvgIpc) is 2.94. The number of hydrogen-bond acceptors (Lipinski definition) is 5. The number of imide groups is 2. The van der Waals surface area contributed by atoms with Crippen LogP contribution in [0.1, 0.15) is 24.5 Å². The van der Waals surface area contributed by atoms with Crippen LogP contribution in [0.2, 0.25) is 5.02 Å². The van der Waals surface area contributed by atoms with Crippen molar-refractivity contribution < 1.29 is 23.9 Å². The molecule has 1 heterocycles. The number of carbonyl (C=O) groups is 3. The fraction of sp³-hybridized carbons (Fsp3) is 0.129. The number of barbiturate groups is 1. The lowest BCUT2D eigenvalue weighted by Crippen LogP contribution is -2.54. The Balaban J connectivity index is 1.34. The summed E-state index contributed by atoms with van der Waals surface area (Å²) in [6, 6.07) is 24.8. The number of fused-ring (bicyclic) bond motifs is 1. The van der Waals surface area contributed by atoms with Crippen LogP contribution < -0.4 is 19.7 Å². The summed E-state index contributed by atoms with van der Waals surface area (Å²) >= 11 is 6.49.